The standard InChI is InChI=1S/C17H19Cl2NO/c1-3-20-12(2)13-4-7-16(8-5-13)21-11-14-10-15(18)6-9-17(14)19/h4-10,12,20H,3,11H2,1-2H3. The molecule has 0 amide bonds. The molecule has 2 aromatic carbocycles. The van der Waals surface area contributed by atoms with Gasteiger partial charge in [-0.2, -0.15) is 0 Å². The van der Waals surface area contributed by atoms with Gasteiger partial charge >= 0.3 is 0 Å². The molecule has 0 spiro atoms. The van der Waals surface area contributed by atoms with Gasteiger partial charge in [-0.1, -0.05) is 42.3 Å². The van der Waals surface area contributed by atoms with E-state index in [1.807, 2.05) is 18.2 Å². The normalized spacial score (nSPS) is 12.2. The molecule has 0 aliphatic heterocycles. The summed E-state index contributed by atoms with van der Waals surface area (Å²) in [4.78, 5) is 0. The molecule has 0 aromatic heterocycles. The van der Waals surface area contributed by atoms with E-state index < -0.39 is 0 Å². The van der Waals surface area contributed by atoms with Crippen LogP contribution in [0.15, 0.2) is 42.5 Å². The minimum atomic E-state index is 0.339. The summed E-state index contributed by atoms with van der Waals surface area (Å²) in [6.45, 7) is 5.60. The summed E-state index contributed by atoms with van der Waals surface area (Å²) in [5, 5.41) is 4.70. The maximum absolute atomic E-state index is 6.12. The highest BCUT2D eigenvalue weighted by Crippen LogP contribution is 2.23. The number of ether oxygens (including phenoxy) is 1. The molecule has 0 aliphatic rings. The quantitative estimate of drug-likeness (QED) is 0.784. The van der Waals surface area contributed by atoms with E-state index in [1.54, 1.807) is 12.1 Å². The lowest BCUT2D eigenvalue weighted by atomic mass is 10.1. The Morgan fingerprint density at radius 3 is 2.48 bits per heavy atom. The van der Waals surface area contributed by atoms with Crippen molar-refractivity contribution in [3.63, 3.8) is 0 Å². The van der Waals surface area contributed by atoms with Gasteiger partial charge in [-0.25, -0.2) is 0 Å². The van der Waals surface area contributed by atoms with Gasteiger partial charge in [0.1, 0.15) is 12.4 Å². The minimum Gasteiger partial charge on any atom is -0.489 e. The summed E-state index contributed by atoms with van der Waals surface area (Å²) in [5.74, 6) is 0.818. The van der Waals surface area contributed by atoms with Crippen molar-refractivity contribution < 1.29 is 4.74 Å². The molecule has 0 fully saturated rings. The SMILES string of the molecule is CCNC(C)c1ccc(OCc2cc(Cl)ccc2Cl)cc1. The number of hydrogen-bond donors (Lipinski definition) is 1. The molecule has 0 radical (unpaired) electrons. The number of halogens is 2. The third-order valence-electron chi connectivity index (χ3n) is 3.29. The Hall–Kier alpha value is -1.22. The van der Waals surface area contributed by atoms with Crippen LogP contribution in [-0.2, 0) is 6.61 Å². The number of rotatable bonds is 6. The van der Waals surface area contributed by atoms with Crippen molar-refractivity contribution in [3.05, 3.63) is 63.6 Å². The first-order chi connectivity index (χ1) is 10.1. The molecule has 0 bridgehead atoms. The van der Waals surface area contributed by atoms with Gasteiger partial charge in [0, 0.05) is 21.7 Å². The molecule has 2 nitrogen and oxygen atoms in total. The first-order valence-electron chi connectivity index (χ1n) is 7.00. The lowest BCUT2D eigenvalue weighted by Crippen LogP contribution is -2.17. The molecule has 1 unspecified atom stereocenters. The van der Waals surface area contributed by atoms with Crippen LogP contribution in [0.25, 0.3) is 0 Å². The fraction of sp³-hybridized carbons (Fsp3) is 0.294. The second-order valence-electron chi connectivity index (χ2n) is 4.87. The third kappa shape index (κ3) is 4.63. The predicted octanol–water partition coefficient (Wildman–Crippen LogP) is 5.24. The van der Waals surface area contributed by atoms with E-state index in [-0.39, 0.29) is 0 Å². The zero-order valence-corrected chi connectivity index (χ0v) is 13.7. The van der Waals surface area contributed by atoms with Crippen molar-refractivity contribution in [3.8, 4) is 5.75 Å². The first kappa shape index (κ1) is 16.2. The van der Waals surface area contributed by atoms with Crippen molar-refractivity contribution in [2.45, 2.75) is 26.5 Å². The molecule has 2 rings (SSSR count). The van der Waals surface area contributed by atoms with Gasteiger partial charge in [-0.15, -0.1) is 0 Å². The third-order valence-corrected chi connectivity index (χ3v) is 3.90. The molecule has 1 atom stereocenters. The van der Waals surface area contributed by atoms with Crippen LogP contribution in [0.5, 0.6) is 5.75 Å². The molecule has 112 valence electrons. The van der Waals surface area contributed by atoms with Crippen LogP contribution in [-0.4, -0.2) is 6.54 Å². The smallest absolute Gasteiger partial charge is 0.119 e. The van der Waals surface area contributed by atoms with Gasteiger partial charge in [0.15, 0.2) is 0 Å². The molecule has 1 N–H and O–H groups in total. The Balaban J connectivity index is 1.99. The van der Waals surface area contributed by atoms with Crippen LogP contribution in [0, 0.1) is 0 Å². The fourth-order valence-corrected chi connectivity index (χ4v) is 2.46. The van der Waals surface area contributed by atoms with E-state index in [2.05, 4.69) is 31.3 Å². The Kier molecular flexibility index (Phi) is 5.92. The van der Waals surface area contributed by atoms with Crippen molar-refractivity contribution in [2.75, 3.05) is 6.54 Å². The van der Waals surface area contributed by atoms with Crippen LogP contribution in [0.4, 0.5) is 0 Å². The maximum Gasteiger partial charge on any atom is 0.119 e. The predicted molar refractivity (Wildman–Crippen MR) is 89.3 cm³/mol. The van der Waals surface area contributed by atoms with Gasteiger partial charge < -0.3 is 10.1 Å². The van der Waals surface area contributed by atoms with Crippen molar-refractivity contribution in [2.24, 2.45) is 0 Å². The van der Waals surface area contributed by atoms with Crippen LogP contribution >= 0.6 is 23.2 Å². The average molecular weight is 324 g/mol. The zero-order valence-electron chi connectivity index (χ0n) is 12.2. The Morgan fingerprint density at radius 1 is 1.10 bits per heavy atom. The number of benzene rings is 2. The van der Waals surface area contributed by atoms with Gasteiger partial charge in [0.25, 0.3) is 0 Å². The number of hydrogen-bond acceptors (Lipinski definition) is 2. The Labute approximate surface area is 136 Å². The monoisotopic (exact) mass is 323 g/mol. The lowest BCUT2D eigenvalue weighted by Gasteiger charge is -2.13. The highest BCUT2D eigenvalue weighted by molar-refractivity contribution is 6.33. The van der Waals surface area contributed by atoms with Crippen LogP contribution in [0.1, 0.15) is 31.0 Å². The lowest BCUT2D eigenvalue weighted by molar-refractivity contribution is 0.306. The van der Waals surface area contributed by atoms with E-state index in [4.69, 9.17) is 27.9 Å². The molecule has 21 heavy (non-hydrogen) atoms. The van der Waals surface area contributed by atoms with Crippen LogP contribution in [0.3, 0.4) is 0 Å². The molecule has 0 saturated heterocycles. The summed E-state index contributed by atoms with van der Waals surface area (Å²) < 4.78 is 5.76. The summed E-state index contributed by atoms with van der Waals surface area (Å²) in [7, 11) is 0. The van der Waals surface area contributed by atoms with E-state index in [9.17, 15) is 0 Å². The van der Waals surface area contributed by atoms with Crippen molar-refractivity contribution >= 4 is 23.2 Å². The van der Waals surface area contributed by atoms with Gasteiger partial charge in [0.05, 0.1) is 0 Å². The topological polar surface area (TPSA) is 21.3 Å². The van der Waals surface area contributed by atoms with Crippen molar-refractivity contribution in [1.82, 2.24) is 5.32 Å². The van der Waals surface area contributed by atoms with Crippen LogP contribution in [0.2, 0.25) is 10.0 Å². The maximum atomic E-state index is 6.12. The zero-order chi connectivity index (χ0) is 15.2. The summed E-state index contributed by atoms with van der Waals surface area (Å²) in [5.41, 5.74) is 2.12. The molecule has 4 heteroatoms. The summed E-state index contributed by atoms with van der Waals surface area (Å²) in [6, 6.07) is 13.8. The largest absolute Gasteiger partial charge is 0.489 e. The average Bonchev–Trinajstić information content (AvgIpc) is 2.49. The second kappa shape index (κ2) is 7.69. The minimum absolute atomic E-state index is 0.339. The summed E-state index contributed by atoms with van der Waals surface area (Å²) in [6.07, 6.45) is 0. The number of nitrogens with one attached hydrogen (secondary N) is 1. The van der Waals surface area contributed by atoms with E-state index in [0.29, 0.717) is 22.7 Å². The van der Waals surface area contributed by atoms with Gasteiger partial charge in [-0.05, 0) is 49.4 Å². The van der Waals surface area contributed by atoms with Crippen LogP contribution < -0.4 is 10.1 Å². The first-order valence-corrected chi connectivity index (χ1v) is 7.76. The molecular formula is C17H19Cl2NO. The van der Waals surface area contributed by atoms with Crippen molar-refractivity contribution in [1.29, 1.82) is 0 Å². The van der Waals surface area contributed by atoms with E-state index in [1.165, 1.54) is 5.56 Å². The van der Waals surface area contributed by atoms with Gasteiger partial charge in [0.2, 0.25) is 0 Å². The molecule has 0 heterocycles. The molecule has 0 aliphatic carbocycles. The highest BCUT2D eigenvalue weighted by Gasteiger charge is 2.05. The van der Waals surface area contributed by atoms with E-state index >= 15 is 0 Å². The molecule has 0 saturated carbocycles. The Morgan fingerprint density at radius 2 is 1.81 bits per heavy atom. The second-order valence-corrected chi connectivity index (χ2v) is 5.72. The Bertz CT molecular complexity index is 584. The highest BCUT2D eigenvalue weighted by atomic mass is 35.5. The van der Waals surface area contributed by atoms with Gasteiger partial charge in [-0.3, -0.25) is 0 Å². The molecule has 2 aromatic rings. The molecular weight excluding hydrogens is 305 g/mol. The summed E-state index contributed by atoms with van der Waals surface area (Å²) >= 11 is 12.1. The van der Waals surface area contributed by atoms with E-state index in [0.717, 1.165) is 17.9 Å². The fourth-order valence-electron chi connectivity index (χ4n) is 2.09.